The summed E-state index contributed by atoms with van der Waals surface area (Å²) >= 11 is 0. The van der Waals surface area contributed by atoms with Crippen LogP contribution < -0.4 is 10.6 Å². The fourth-order valence-electron chi connectivity index (χ4n) is 3.92. The van der Waals surface area contributed by atoms with E-state index < -0.39 is 0 Å². The molecule has 2 aromatic rings. The molecule has 1 fully saturated rings. The van der Waals surface area contributed by atoms with Crippen LogP contribution in [0.2, 0.25) is 0 Å². The average Bonchev–Trinajstić information content (AvgIpc) is 2.80. The highest BCUT2D eigenvalue weighted by Crippen LogP contribution is 2.22. The molecule has 8 heteroatoms. The summed E-state index contributed by atoms with van der Waals surface area (Å²) in [6, 6.07) is 13.4. The number of hydrogen-bond donors (Lipinski definition) is 2. The van der Waals surface area contributed by atoms with Gasteiger partial charge in [-0.2, -0.15) is 0 Å². The number of aliphatic imine (C=N–C) groups is 1. The summed E-state index contributed by atoms with van der Waals surface area (Å²) in [4.78, 5) is 8.80. The Labute approximate surface area is 189 Å². The number of hydrogen-bond acceptors (Lipinski definition) is 4. The van der Waals surface area contributed by atoms with Crippen molar-refractivity contribution in [2.45, 2.75) is 12.1 Å². The van der Waals surface area contributed by atoms with Gasteiger partial charge in [-0.15, -0.1) is 0 Å². The Morgan fingerprint density at radius 2 is 1.47 bits per heavy atom. The molecule has 0 spiro atoms. The molecule has 0 saturated carbocycles. The fraction of sp³-hybridized carbons (Fsp3) is 0.458. The molecule has 1 heterocycles. The third-order valence-electron chi connectivity index (χ3n) is 5.77. The van der Waals surface area contributed by atoms with E-state index in [1.165, 1.54) is 24.3 Å². The van der Waals surface area contributed by atoms with Gasteiger partial charge in [0.25, 0.3) is 0 Å². The number of halogens is 2. The van der Waals surface area contributed by atoms with Gasteiger partial charge < -0.3 is 20.3 Å². The molecular weight excluding hydrogens is 412 g/mol. The lowest BCUT2D eigenvalue weighted by molar-refractivity contribution is 0.0170. The van der Waals surface area contributed by atoms with Crippen molar-refractivity contribution < 1.29 is 13.5 Å². The van der Waals surface area contributed by atoms with Crippen LogP contribution in [0.15, 0.2) is 53.5 Å². The van der Waals surface area contributed by atoms with Crippen LogP contribution in [-0.2, 0) is 4.74 Å². The van der Waals surface area contributed by atoms with Crippen LogP contribution >= 0.6 is 0 Å². The molecule has 174 valence electrons. The van der Waals surface area contributed by atoms with Gasteiger partial charge in [0.15, 0.2) is 5.96 Å². The molecule has 2 aromatic carbocycles. The highest BCUT2D eigenvalue weighted by molar-refractivity contribution is 5.79. The van der Waals surface area contributed by atoms with Gasteiger partial charge in [0.1, 0.15) is 11.6 Å². The monoisotopic (exact) mass is 445 g/mol. The Balaban J connectivity index is 1.64. The maximum absolute atomic E-state index is 13.5. The molecule has 1 aliphatic heterocycles. The van der Waals surface area contributed by atoms with E-state index in [0.717, 1.165) is 24.2 Å². The molecule has 0 amide bonds. The van der Waals surface area contributed by atoms with Gasteiger partial charge in [-0.1, -0.05) is 24.3 Å². The largest absolute Gasteiger partial charge is 0.379 e. The van der Waals surface area contributed by atoms with Crippen LogP contribution in [-0.4, -0.2) is 76.3 Å². The van der Waals surface area contributed by atoms with E-state index in [2.05, 4.69) is 25.4 Å². The molecule has 0 radical (unpaired) electrons. The lowest BCUT2D eigenvalue weighted by Crippen LogP contribution is -2.47. The maximum Gasteiger partial charge on any atom is 0.191 e. The second-order valence-corrected chi connectivity index (χ2v) is 8.08. The van der Waals surface area contributed by atoms with Gasteiger partial charge in [0.2, 0.25) is 0 Å². The van der Waals surface area contributed by atoms with Crippen molar-refractivity contribution in [3.8, 4) is 0 Å². The predicted molar refractivity (Wildman–Crippen MR) is 124 cm³/mol. The van der Waals surface area contributed by atoms with Gasteiger partial charge in [-0.05, 0) is 49.5 Å². The zero-order valence-electron chi connectivity index (χ0n) is 19.0. The summed E-state index contributed by atoms with van der Waals surface area (Å²) in [5.41, 5.74) is 2.07. The normalized spacial score (nSPS) is 17.2. The quantitative estimate of drug-likeness (QED) is 0.484. The highest BCUT2D eigenvalue weighted by Gasteiger charge is 2.23. The van der Waals surface area contributed by atoms with Crippen molar-refractivity contribution in [2.75, 3.05) is 60.5 Å². The van der Waals surface area contributed by atoms with Gasteiger partial charge in [0, 0.05) is 33.2 Å². The van der Waals surface area contributed by atoms with E-state index in [1.807, 2.05) is 26.2 Å². The Bertz CT molecular complexity index is 852. The number of morpholine rings is 1. The van der Waals surface area contributed by atoms with Gasteiger partial charge in [-0.3, -0.25) is 9.89 Å². The highest BCUT2D eigenvalue weighted by atomic mass is 19.1. The van der Waals surface area contributed by atoms with Crippen molar-refractivity contribution in [3.05, 3.63) is 71.3 Å². The summed E-state index contributed by atoms with van der Waals surface area (Å²) in [5.74, 6) is 0.196. The molecule has 1 saturated heterocycles. The number of benzene rings is 2. The maximum atomic E-state index is 13.5. The zero-order valence-corrected chi connectivity index (χ0v) is 19.0. The van der Waals surface area contributed by atoms with E-state index in [9.17, 15) is 8.78 Å². The molecule has 3 rings (SSSR count). The molecule has 2 atom stereocenters. The minimum Gasteiger partial charge on any atom is -0.379 e. The van der Waals surface area contributed by atoms with Crippen molar-refractivity contribution in [2.24, 2.45) is 4.99 Å². The lowest BCUT2D eigenvalue weighted by Gasteiger charge is -2.35. The molecular formula is C24H33F2N5O. The molecule has 32 heavy (non-hydrogen) atoms. The minimum absolute atomic E-state index is 0.0567. The number of nitrogens with zero attached hydrogens (tertiary/aromatic N) is 3. The first-order chi connectivity index (χ1) is 15.5. The topological polar surface area (TPSA) is 52.1 Å². The van der Waals surface area contributed by atoms with Crippen molar-refractivity contribution in [1.82, 2.24) is 20.4 Å². The smallest absolute Gasteiger partial charge is 0.191 e. The standard InChI is InChI=1S/C24H33F2N5O/c1-27-24(28-16-22(30(2)3)18-4-8-20(25)9-5-18)29-17-23(31-12-14-32-15-13-31)19-6-10-21(26)11-7-19/h4-11,22-23H,12-17H2,1-3H3,(H2,27,28,29). The van der Waals surface area contributed by atoms with Crippen LogP contribution in [0.4, 0.5) is 8.78 Å². The van der Waals surface area contributed by atoms with Gasteiger partial charge in [0.05, 0.1) is 25.3 Å². The van der Waals surface area contributed by atoms with E-state index in [0.29, 0.717) is 32.3 Å². The van der Waals surface area contributed by atoms with Crippen LogP contribution in [0.25, 0.3) is 0 Å². The van der Waals surface area contributed by atoms with Crippen molar-refractivity contribution in [3.63, 3.8) is 0 Å². The summed E-state index contributed by atoms with van der Waals surface area (Å²) in [7, 11) is 5.73. The second kappa shape index (κ2) is 11.9. The zero-order chi connectivity index (χ0) is 22.9. The number of ether oxygens (including phenoxy) is 1. The number of rotatable bonds is 8. The van der Waals surface area contributed by atoms with Gasteiger partial charge >= 0.3 is 0 Å². The molecule has 1 aliphatic rings. The van der Waals surface area contributed by atoms with Crippen LogP contribution in [0, 0.1) is 11.6 Å². The van der Waals surface area contributed by atoms with Crippen molar-refractivity contribution in [1.29, 1.82) is 0 Å². The molecule has 0 aliphatic carbocycles. The fourth-order valence-corrected chi connectivity index (χ4v) is 3.92. The number of nitrogens with one attached hydrogen (secondary N) is 2. The van der Waals surface area contributed by atoms with E-state index in [4.69, 9.17) is 4.74 Å². The Hall–Kier alpha value is -2.55. The number of likely N-dealkylation sites (N-methyl/N-ethyl adjacent to an activating group) is 1. The first-order valence-corrected chi connectivity index (χ1v) is 10.9. The third-order valence-corrected chi connectivity index (χ3v) is 5.77. The summed E-state index contributed by atoms with van der Waals surface area (Å²) in [6.07, 6.45) is 0. The summed E-state index contributed by atoms with van der Waals surface area (Å²) < 4.78 is 32.3. The minimum atomic E-state index is -0.244. The third kappa shape index (κ3) is 6.72. The second-order valence-electron chi connectivity index (χ2n) is 8.08. The molecule has 0 aromatic heterocycles. The average molecular weight is 446 g/mol. The predicted octanol–water partition coefficient (Wildman–Crippen LogP) is 2.81. The van der Waals surface area contributed by atoms with E-state index in [1.54, 1.807) is 19.2 Å². The molecule has 2 N–H and O–H groups in total. The first-order valence-electron chi connectivity index (χ1n) is 10.9. The summed E-state index contributed by atoms with van der Waals surface area (Å²) in [6.45, 7) is 4.25. The van der Waals surface area contributed by atoms with Crippen LogP contribution in [0.1, 0.15) is 23.2 Å². The van der Waals surface area contributed by atoms with E-state index >= 15 is 0 Å². The summed E-state index contributed by atoms with van der Waals surface area (Å²) in [5, 5.41) is 6.80. The van der Waals surface area contributed by atoms with Crippen LogP contribution in [0.3, 0.4) is 0 Å². The molecule has 6 nitrogen and oxygen atoms in total. The molecule has 2 unspecified atom stereocenters. The Morgan fingerprint density at radius 1 is 0.938 bits per heavy atom. The van der Waals surface area contributed by atoms with Gasteiger partial charge in [-0.25, -0.2) is 8.78 Å². The van der Waals surface area contributed by atoms with Crippen LogP contribution in [0.5, 0.6) is 0 Å². The Morgan fingerprint density at radius 3 is 2.00 bits per heavy atom. The lowest BCUT2D eigenvalue weighted by atomic mass is 10.0. The SMILES string of the molecule is CN=C(NCC(c1ccc(F)cc1)N(C)C)NCC(c1ccc(F)cc1)N1CCOCC1. The number of guanidine groups is 1. The molecule has 0 bridgehead atoms. The first kappa shape index (κ1) is 24.1. The van der Waals surface area contributed by atoms with E-state index in [-0.39, 0.29) is 23.7 Å². The Kier molecular flexibility index (Phi) is 8.96. The van der Waals surface area contributed by atoms with Crippen molar-refractivity contribution >= 4 is 5.96 Å².